The summed E-state index contributed by atoms with van der Waals surface area (Å²) in [6, 6.07) is 6.35. The molecule has 110 valence electrons. The molecule has 0 aromatic heterocycles. The molecule has 1 atom stereocenters. The molecule has 0 saturated heterocycles. The number of alkyl carbamates (subject to hydrolysis) is 1. The Balaban J connectivity index is 2.85. The molecule has 1 aromatic rings. The Kier molecular flexibility index (Phi) is 5.56. The van der Waals surface area contributed by atoms with Crippen molar-refractivity contribution in [1.29, 1.82) is 0 Å². The van der Waals surface area contributed by atoms with Gasteiger partial charge < -0.3 is 20.0 Å². The summed E-state index contributed by atoms with van der Waals surface area (Å²) in [4.78, 5) is 22.6. The summed E-state index contributed by atoms with van der Waals surface area (Å²) < 4.78 is 5.92. The molecule has 0 unspecified atom stereocenters. The summed E-state index contributed by atoms with van der Waals surface area (Å²) in [6.45, 7) is 5.21. The van der Waals surface area contributed by atoms with Crippen LogP contribution in [0.3, 0.4) is 0 Å². The van der Waals surface area contributed by atoms with E-state index in [0.29, 0.717) is 5.56 Å². The number of halogens is 1. The van der Waals surface area contributed by atoms with Crippen molar-refractivity contribution in [2.75, 3.05) is 0 Å². The standard InChI is InChI=1S/C14H18BrNO4/c1-14(2,3)20-13(19)16-11(8-12(17)18)9-5-4-6-10(15)7-9/h4-7,11H,8H2,1-3H3,(H,16,19)(H,17,18)/p-1/t11-/m1/s1. The minimum absolute atomic E-state index is 0.324. The van der Waals surface area contributed by atoms with Gasteiger partial charge in [-0.15, -0.1) is 0 Å². The lowest BCUT2D eigenvalue weighted by atomic mass is 10.0. The number of amides is 1. The van der Waals surface area contributed by atoms with Crippen molar-refractivity contribution in [3.8, 4) is 0 Å². The summed E-state index contributed by atoms with van der Waals surface area (Å²) in [6.07, 6.45) is -0.987. The second-order valence-corrected chi connectivity index (χ2v) is 6.25. The lowest BCUT2D eigenvalue weighted by molar-refractivity contribution is -0.306. The van der Waals surface area contributed by atoms with Crippen LogP contribution in [0, 0.1) is 0 Å². The van der Waals surface area contributed by atoms with Crippen molar-refractivity contribution >= 4 is 28.0 Å². The quantitative estimate of drug-likeness (QED) is 0.909. The molecule has 1 N–H and O–H groups in total. The number of nitrogens with one attached hydrogen (secondary N) is 1. The average molecular weight is 343 g/mol. The molecule has 0 fully saturated rings. The van der Waals surface area contributed by atoms with Crippen LogP contribution in [0.5, 0.6) is 0 Å². The number of carboxylic acid groups (broad SMARTS) is 1. The van der Waals surface area contributed by atoms with Crippen molar-refractivity contribution in [3.05, 3.63) is 34.3 Å². The van der Waals surface area contributed by atoms with Crippen molar-refractivity contribution in [1.82, 2.24) is 5.32 Å². The Labute approximate surface area is 126 Å². The van der Waals surface area contributed by atoms with E-state index in [0.717, 1.165) is 4.47 Å². The fourth-order valence-electron chi connectivity index (χ4n) is 1.59. The third-order valence-corrected chi connectivity index (χ3v) is 2.81. The van der Waals surface area contributed by atoms with Gasteiger partial charge in [0, 0.05) is 16.9 Å². The zero-order valence-electron chi connectivity index (χ0n) is 11.6. The van der Waals surface area contributed by atoms with Gasteiger partial charge >= 0.3 is 6.09 Å². The maximum absolute atomic E-state index is 11.8. The minimum atomic E-state index is -1.24. The third-order valence-electron chi connectivity index (χ3n) is 2.31. The second kappa shape index (κ2) is 6.74. The van der Waals surface area contributed by atoms with E-state index < -0.39 is 23.7 Å². The molecule has 20 heavy (non-hydrogen) atoms. The normalized spacial score (nSPS) is 12.6. The number of carbonyl (C=O) groups is 2. The van der Waals surface area contributed by atoms with E-state index in [1.165, 1.54) is 0 Å². The van der Waals surface area contributed by atoms with Crippen LogP contribution in [0.15, 0.2) is 28.7 Å². The minimum Gasteiger partial charge on any atom is -0.550 e. The molecule has 0 bridgehead atoms. The van der Waals surface area contributed by atoms with Gasteiger partial charge in [0.2, 0.25) is 0 Å². The highest BCUT2D eigenvalue weighted by Gasteiger charge is 2.20. The highest BCUT2D eigenvalue weighted by atomic mass is 79.9. The Morgan fingerprint density at radius 1 is 1.40 bits per heavy atom. The highest BCUT2D eigenvalue weighted by molar-refractivity contribution is 9.10. The van der Waals surface area contributed by atoms with E-state index in [-0.39, 0.29) is 6.42 Å². The summed E-state index contributed by atoms with van der Waals surface area (Å²) in [5, 5.41) is 13.4. The smallest absolute Gasteiger partial charge is 0.408 e. The molecule has 6 heteroatoms. The Hall–Kier alpha value is -1.56. The number of hydrogen-bond donors (Lipinski definition) is 1. The van der Waals surface area contributed by atoms with Crippen LogP contribution in [0.4, 0.5) is 4.79 Å². The summed E-state index contributed by atoms with van der Waals surface area (Å²) in [7, 11) is 0. The first-order valence-electron chi connectivity index (χ1n) is 6.12. The number of carboxylic acids is 1. The molecular weight excluding hydrogens is 326 g/mol. The number of hydrogen-bond acceptors (Lipinski definition) is 4. The fraction of sp³-hybridized carbons (Fsp3) is 0.429. The van der Waals surface area contributed by atoms with Crippen LogP contribution in [0.1, 0.15) is 38.8 Å². The lowest BCUT2D eigenvalue weighted by Crippen LogP contribution is -2.37. The summed E-state index contributed by atoms with van der Waals surface area (Å²) in [5.41, 5.74) is 0.0161. The van der Waals surface area contributed by atoms with Crippen LogP contribution in [-0.2, 0) is 9.53 Å². The van der Waals surface area contributed by atoms with Crippen LogP contribution in [0.25, 0.3) is 0 Å². The molecule has 0 spiro atoms. The topological polar surface area (TPSA) is 78.5 Å². The van der Waals surface area contributed by atoms with Crippen LogP contribution in [0.2, 0.25) is 0 Å². The molecule has 5 nitrogen and oxygen atoms in total. The molecule has 1 rings (SSSR count). The third kappa shape index (κ3) is 6.06. The van der Waals surface area contributed by atoms with E-state index in [1.807, 2.05) is 6.07 Å². The molecule has 1 aromatic carbocycles. The van der Waals surface area contributed by atoms with Gasteiger partial charge in [-0.2, -0.15) is 0 Å². The first-order chi connectivity index (χ1) is 9.17. The van der Waals surface area contributed by atoms with Gasteiger partial charge in [-0.05, 0) is 38.5 Å². The van der Waals surface area contributed by atoms with Gasteiger partial charge in [-0.25, -0.2) is 4.79 Å². The first-order valence-corrected chi connectivity index (χ1v) is 6.91. The summed E-state index contributed by atoms with van der Waals surface area (Å²) in [5.74, 6) is -1.24. The van der Waals surface area contributed by atoms with Crippen molar-refractivity contribution in [2.24, 2.45) is 0 Å². The lowest BCUT2D eigenvalue weighted by Gasteiger charge is -2.24. The van der Waals surface area contributed by atoms with Gasteiger partial charge in [-0.1, -0.05) is 28.1 Å². The number of rotatable bonds is 4. The first kappa shape index (κ1) is 16.5. The van der Waals surface area contributed by atoms with Crippen LogP contribution < -0.4 is 10.4 Å². The largest absolute Gasteiger partial charge is 0.550 e. The van der Waals surface area contributed by atoms with Crippen molar-refractivity contribution in [3.63, 3.8) is 0 Å². The number of aliphatic carboxylic acids is 1. The second-order valence-electron chi connectivity index (χ2n) is 5.33. The molecule has 0 aliphatic heterocycles. The predicted molar refractivity (Wildman–Crippen MR) is 75.9 cm³/mol. The zero-order valence-corrected chi connectivity index (χ0v) is 13.2. The predicted octanol–water partition coefficient (Wildman–Crippen LogP) is 2.15. The van der Waals surface area contributed by atoms with Crippen LogP contribution >= 0.6 is 15.9 Å². The van der Waals surface area contributed by atoms with E-state index >= 15 is 0 Å². The van der Waals surface area contributed by atoms with Crippen molar-refractivity contribution < 1.29 is 19.4 Å². The monoisotopic (exact) mass is 342 g/mol. The van der Waals surface area contributed by atoms with Crippen molar-refractivity contribution in [2.45, 2.75) is 38.8 Å². The van der Waals surface area contributed by atoms with E-state index in [4.69, 9.17) is 4.74 Å². The Bertz CT molecular complexity index is 496. The Morgan fingerprint density at radius 3 is 2.55 bits per heavy atom. The average Bonchev–Trinajstić information content (AvgIpc) is 2.24. The molecule has 0 aliphatic rings. The zero-order chi connectivity index (χ0) is 15.3. The van der Waals surface area contributed by atoms with Gasteiger partial charge in [0.15, 0.2) is 0 Å². The molecule has 0 aliphatic carbocycles. The molecule has 0 saturated carbocycles. The summed E-state index contributed by atoms with van der Waals surface area (Å²) >= 11 is 3.30. The number of carbonyl (C=O) groups excluding carboxylic acids is 2. The van der Waals surface area contributed by atoms with E-state index in [2.05, 4.69) is 21.2 Å². The number of ether oxygens (including phenoxy) is 1. The van der Waals surface area contributed by atoms with E-state index in [1.54, 1.807) is 39.0 Å². The van der Waals surface area contributed by atoms with Gasteiger partial charge in [0.25, 0.3) is 0 Å². The van der Waals surface area contributed by atoms with Crippen LogP contribution in [-0.4, -0.2) is 17.7 Å². The number of benzene rings is 1. The molecule has 0 heterocycles. The maximum Gasteiger partial charge on any atom is 0.408 e. The highest BCUT2D eigenvalue weighted by Crippen LogP contribution is 2.21. The maximum atomic E-state index is 11.8. The van der Waals surface area contributed by atoms with Gasteiger partial charge in [0.1, 0.15) is 5.60 Å². The SMILES string of the molecule is CC(C)(C)OC(=O)N[C@H](CC(=O)[O-])c1cccc(Br)c1. The van der Waals surface area contributed by atoms with Gasteiger partial charge in [-0.3, -0.25) is 0 Å². The molecule has 0 radical (unpaired) electrons. The Morgan fingerprint density at radius 2 is 2.05 bits per heavy atom. The molecular formula is C14H17BrNO4-. The molecule has 1 amide bonds. The van der Waals surface area contributed by atoms with Gasteiger partial charge in [0.05, 0.1) is 6.04 Å². The van der Waals surface area contributed by atoms with E-state index in [9.17, 15) is 14.7 Å². The fourth-order valence-corrected chi connectivity index (χ4v) is 2.01.